The van der Waals surface area contributed by atoms with Gasteiger partial charge in [0.2, 0.25) is 0 Å². The summed E-state index contributed by atoms with van der Waals surface area (Å²) in [7, 11) is 0. The fourth-order valence-corrected chi connectivity index (χ4v) is 1.01. The van der Waals surface area contributed by atoms with Crippen LogP contribution < -0.4 is 0 Å². The van der Waals surface area contributed by atoms with E-state index in [4.69, 9.17) is 5.11 Å². The van der Waals surface area contributed by atoms with Crippen LogP contribution in [0, 0.1) is 0 Å². The van der Waals surface area contributed by atoms with Crippen LogP contribution in [0.3, 0.4) is 0 Å². The first-order valence-corrected chi connectivity index (χ1v) is 3.60. The third-order valence-corrected chi connectivity index (χ3v) is 1.66. The molecule has 0 aromatic carbocycles. The van der Waals surface area contributed by atoms with Crippen molar-refractivity contribution in [2.45, 2.75) is 0 Å². The molecule has 0 aliphatic carbocycles. The molecule has 7 heteroatoms. The van der Waals surface area contributed by atoms with Gasteiger partial charge in [0, 0.05) is 0 Å². The topological polar surface area (TPSA) is 112 Å². The quantitative estimate of drug-likeness (QED) is 0.641. The smallest absolute Gasteiger partial charge is 0.357 e. The Balaban J connectivity index is 2.52. The second kappa shape index (κ2) is 2.87. The molecule has 2 aromatic heterocycles. The monoisotopic (exact) mass is 195 g/mol. The van der Waals surface area contributed by atoms with Gasteiger partial charge >= 0.3 is 5.97 Å². The van der Waals surface area contributed by atoms with Crippen LogP contribution in [-0.2, 0) is 0 Å². The Kier molecular flexibility index (Phi) is 1.70. The van der Waals surface area contributed by atoms with Crippen molar-refractivity contribution in [3.05, 3.63) is 18.2 Å². The normalized spacial score (nSPS) is 10.3. The van der Waals surface area contributed by atoms with E-state index in [-0.39, 0.29) is 11.4 Å². The molecule has 2 aromatic rings. The molecule has 2 heterocycles. The number of H-pyrrole nitrogens is 1. The molecule has 72 valence electrons. The van der Waals surface area contributed by atoms with Crippen LogP contribution >= 0.6 is 0 Å². The summed E-state index contributed by atoms with van der Waals surface area (Å²) in [6.45, 7) is 0. The van der Waals surface area contributed by atoms with Crippen molar-refractivity contribution in [1.29, 1.82) is 0 Å². The first kappa shape index (κ1) is 8.30. The maximum absolute atomic E-state index is 10.5. The van der Waals surface area contributed by atoms with E-state index in [0.29, 0.717) is 5.56 Å². The number of aromatic hydroxyl groups is 1. The van der Waals surface area contributed by atoms with Gasteiger partial charge in [-0.1, -0.05) is 5.16 Å². The summed E-state index contributed by atoms with van der Waals surface area (Å²) in [4.78, 5) is 10.5. The van der Waals surface area contributed by atoms with E-state index in [1.807, 2.05) is 0 Å². The molecule has 7 nitrogen and oxygen atoms in total. The van der Waals surface area contributed by atoms with Crippen LogP contribution in [0.15, 0.2) is 17.0 Å². The van der Waals surface area contributed by atoms with E-state index < -0.39 is 11.7 Å². The van der Waals surface area contributed by atoms with Gasteiger partial charge in [0.15, 0.2) is 11.4 Å². The highest BCUT2D eigenvalue weighted by Gasteiger charge is 2.19. The summed E-state index contributed by atoms with van der Waals surface area (Å²) in [6, 6.07) is 0. The summed E-state index contributed by atoms with van der Waals surface area (Å²) in [5, 5.41) is 27.3. The highest BCUT2D eigenvalue weighted by atomic mass is 16.5. The van der Waals surface area contributed by atoms with Gasteiger partial charge in [-0.05, 0) is 0 Å². The van der Waals surface area contributed by atoms with Gasteiger partial charge < -0.3 is 14.7 Å². The molecule has 0 fully saturated rings. The van der Waals surface area contributed by atoms with Crippen molar-refractivity contribution in [3.8, 4) is 17.0 Å². The Morgan fingerprint density at radius 3 is 2.86 bits per heavy atom. The van der Waals surface area contributed by atoms with E-state index in [9.17, 15) is 9.90 Å². The highest BCUT2D eigenvalue weighted by Crippen LogP contribution is 2.29. The van der Waals surface area contributed by atoms with E-state index in [0.717, 1.165) is 0 Å². The first-order valence-electron chi connectivity index (χ1n) is 3.60. The Hall–Kier alpha value is -2.31. The van der Waals surface area contributed by atoms with E-state index in [2.05, 4.69) is 19.9 Å². The fraction of sp³-hybridized carbons (Fsp3) is 0. The number of aromatic carboxylic acids is 1. The minimum Gasteiger partial charge on any atom is -0.504 e. The molecular weight excluding hydrogens is 190 g/mol. The molecule has 0 atom stereocenters. The zero-order chi connectivity index (χ0) is 10.1. The second-order valence-corrected chi connectivity index (χ2v) is 2.51. The van der Waals surface area contributed by atoms with Gasteiger partial charge in [-0.2, -0.15) is 5.10 Å². The Labute approximate surface area is 77.0 Å². The van der Waals surface area contributed by atoms with Crippen molar-refractivity contribution in [3.63, 3.8) is 0 Å². The number of aromatic nitrogens is 3. The van der Waals surface area contributed by atoms with E-state index in [1.54, 1.807) is 0 Å². The molecule has 0 aliphatic rings. The van der Waals surface area contributed by atoms with Crippen LogP contribution in [0.2, 0.25) is 0 Å². The summed E-state index contributed by atoms with van der Waals surface area (Å²) in [5.74, 6) is -1.71. The summed E-state index contributed by atoms with van der Waals surface area (Å²) in [6.07, 6.45) is 2.57. The van der Waals surface area contributed by atoms with Crippen molar-refractivity contribution < 1.29 is 19.5 Å². The molecule has 0 spiro atoms. The predicted octanol–water partition coefficient (Wildman–Crippen LogP) is 0.468. The number of nitrogens with zero attached hydrogens (tertiary/aromatic N) is 2. The average molecular weight is 195 g/mol. The Bertz CT molecular complexity index is 459. The van der Waals surface area contributed by atoms with Crippen molar-refractivity contribution in [1.82, 2.24) is 15.4 Å². The number of carbonyl (C=O) groups is 1. The molecule has 0 saturated heterocycles. The zero-order valence-electron chi connectivity index (χ0n) is 6.76. The molecule has 0 unspecified atom stereocenters. The molecule has 0 amide bonds. The van der Waals surface area contributed by atoms with Crippen LogP contribution in [0.4, 0.5) is 0 Å². The third kappa shape index (κ3) is 1.11. The molecule has 0 radical (unpaired) electrons. The molecule has 14 heavy (non-hydrogen) atoms. The molecule has 2 rings (SSSR count). The largest absolute Gasteiger partial charge is 0.504 e. The predicted molar refractivity (Wildman–Crippen MR) is 42.7 cm³/mol. The number of rotatable bonds is 2. The number of aromatic amines is 1. The second-order valence-electron chi connectivity index (χ2n) is 2.51. The lowest BCUT2D eigenvalue weighted by molar-refractivity contribution is 0.0687. The number of hydrogen-bond donors (Lipinski definition) is 3. The fourth-order valence-electron chi connectivity index (χ4n) is 1.01. The lowest BCUT2D eigenvalue weighted by Crippen LogP contribution is -1.96. The van der Waals surface area contributed by atoms with Crippen LogP contribution in [-0.4, -0.2) is 31.5 Å². The lowest BCUT2D eigenvalue weighted by Gasteiger charge is -1.90. The summed E-state index contributed by atoms with van der Waals surface area (Å²) < 4.78 is 4.53. The highest BCUT2D eigenvalue weighted by molar-refractivity contribution is 5.91. The van der Waals surface area contributed by atoms with Crippen molar-refractivity contribution >= 4 is 5.97 Å². The number of nitrogens with one attached hydrogen (secondary N) is 1. The molecule has 3 N–H and O–H groups in total. The van der Waals surface area contributed by atoms with Gasteiger partial charge in [0.05, 0.1) is 11.8 Å². The first-order chi connectivity index (χ1) is 6.70. The van der Waals surface area contributed by atoms with Crippen LogP contribution in [0.25, 0.3) is 11.3 Å². The number of carboxylic acids is 1. The molecular formula is C7H5N3O4. The van der Waals surface area contributed by atoms with Crippen molar-refractivity contribution in [2.24, 2.45) is 0 Å². The summed E-state index contributed by atoms with van der Waals surface area (Å²) in [5.41, 5.74) is 0.149. The van der Waals surface area contributed by atoms with E-state index in [1.165, 1.54) is 12.5 Å². The maximum Gasteiger partial charge on any atom is 0.357 e. The summed E-state index contributed by atoms with van der Waals surface area (Å²) >= 11 is 0. The van der Waals surface area contributed by atoms with Crippen LogP contribution in [0.5, 0.6) is 5.75 Å². The van der Waals surface area contributed by atoms with Gasteiger partial charge in [-0.25, -0.2) is 4.79 Å². The molecule has 0 bridgehead atoms. The number of hydrogen-bond acceptors (Lipinski definition) is 5. The standard InChI is InChI=1S/C7H5N3O4/c11-6-4(3-1-8-14-2-3)9-10-5(6)7(12)13/h1-2,11H,(H,9,10)(H,12,13). The van der Waals surface area contributed by atoms with Crippen LogP contribution in [0.1, 0.15) is 10.5 Å². The Morgan fingerprint density at radius 2 is 2.36 bits per heavy atom. The number of carboxylic acid groups (broad SMARTS) is 1. The maximum atomic E-state index is 10.5. The minimum absolute atomic E-state index is 0.101. The van der Waals surface area contributed by atoms with Gasteiger partial charge in [-0.3, -0.25) is 5.10 Å². The Morgan fingerprint density at radius 1 is 1.57 bits per heavy atom. The zero-order valence-corrected chi connectivity index (χ0v) is 6.76. The minimum atomic E-state index is -1.28. The SMILES string of the molecule is O=C(O)c1[nH]nc(-c2cnoc2)c1O. The third-order valence-electron chi connectivity index (χ3n) is 1.66. The van der Waals surface area contributed by atoms with E-state index >= 15 is 0 Å². The van der Waals surface area contributed by atoms with Gasteiger partial charge in [-0.15, -0.1) is 0 Å². The van der Waals surface area contributed by atoms with Gasteiger partial charge in [0.25, 0.3) is 0 Å². The lowest BCUT2D eigenvalue weighted by atomic mass is 10.2. The van der Waals surface area contributed by atoms with Crippen molar-refractivity contribution in [2.75, 3.05) is 0 Å². The van der Waals surface area contributed by atoms with Gasteiger partial charge in [0.1, 0.15) is 12.0 Å². The molecule has 0 saturated carbocycles. The average Bonchev–Trinajstić information content (AvgIpc) is 2.71. The molecule has 0 aliphatic heterocycles.